The first kappa shape index (κ1) is 16.7. The van der Waals surface area contributed by atoms with Gasteiger partial charge in [0.1, 0.15) is 4.21 Å². The summed E-state index contributed by atoms with van der Waals surface area (Å²) in [6.45, 7) is 4.44. The number of rotatable bonds is 5. The Morgan fingerprint density at radius 1 is 1.40 bits per heavy atom. The number of β-amino-alcohol motifs (C(OH)–C–C–N with tert-alkyl or cyclic N) is 1. The molecule has 114 valence electrons. The first-order valence-electron chi connectivity index (χ1n) is 5.98. The molecule has 6 nitrogen and oxygen atoms in total. The zero-order chi connectivity index (χ0) is 14.8. The van der Waals surface area contributed by atoms with Gasteiger partial charge in [-0.2, -0.15) is 0 Å². The van der Waals surface area contributed by atoms with E-state index >= 15 is 0 Å². The van der Waals surface area contributed by atoms with Gasteiger partial charge in [0.15, 0.2) is 0 Å². The van der Waals surface area contributed by atoms with E-state index in [1.807, 2.05) is 0 Å². The summed E-state index contributed by atoms with van der Waals surface area (Å²) in [5.74, 6) is 0. The van der Waals surface area contributed by atoms with Crippen LogP contribution in [-0.4, -0.2) is 62.1 Å². The van der Waals surface area contributed by atoms with E-state index in [1.54, 1.807) is 18.0 Å². The molecule has 0 bridgehead atoms. The zero-order valence-electron chi connectivity index (χ0n) is 10.7. The number of thiophene rings is 1. The number of nitrogens with zero attached hydrogens (tertiary/aromatic N) is 2. The average Bonchev–Trinajstić information content (AvgIpc) is 2.74. The van der Waals surface area contributed by atoms with Gasteiger partial charge in [-0.3, -0.25) is 4.90 Å². The predicted octanol–water partition coefficient (Wildman–Crippen LogP) is 0.775. The molecule has 0 unspecified atom stereocenters. The summed E-state index contributed by atoms with van der Waals surface area (Å²) >= 11 is 6.10. The van der Waals surface area contributed by atoms with Crippen LogP contribution in [0.1, 0.15) is 0 Å². The van der Waals surface area contributed by atoms with E-state index in [0.29, 0.717) is 6.54 Å². The minimum atomic E-state index is -3.64. The number of primary sulfonamides is 1. The van der Waals surface area contributed by atoms with Gasteiger partial charge in [0.25, 0.3) is 0 Å². The Labute approximate surface area is 135 Å². The third-order valence-corrected chi connectivity index (χ3v) is 7.86. The van der Waals surface area contributed by atoms with E-state index in [-0.39, 0.29) is 10.8 Å². The normalized spacial score (nSPS) is 18.6. The Balaban J connectivity index is 1.96. The number of sulfonamides is 1. The highest BCUT2D eigenvalue weighted by atomic mass is 79.9. The highest BCUT2D eigenvalue weighted by molar-refractivity contribution is 9.10. The maximum atomic E-state index is 11.3. The fourth-order valence-corrected chi connectivity index (χ4v) is 5.96. The molecular weight excluding hydrogens is 386 g/mol. The molecule has 1 saturated heterocycles. The van der Waals surface area contributed by atoms with E-state index < -0.39 is 10.0 Å². The number of aliphatic hydroxyl groups excluding tert-OH is 1. The first-order valence-corrected chi connectivity index (χ1v) is 9.91. The van der Waals surface area contributed by atoms with Crippen molar-refractivity contribution in [2.24, 2.45) is 5.14 Å². The van der Waals surface area contributed by atoms with E-state index in [1.165, 1.54) is 11.3 Å². The number of nitrogens with two attached hydrogens (primary N) is 1. The van der Waals surface area contributed by atoms with Crippen LogP contribution in [0.3, 0.4) is 0 Å². The van der Waals surface area contributed by atoms with Crippen molar-refractivity contribution in [3.63, 3.8) is 0 Å². The fourth-order valence-electron chi connectivity index (χ4n) is 1.84. The topological polar surface area (TPSA) is 86.9 Å². The summed E-state index contributed by atoms with van der Waals surface area (Å²) in [5.41, 5.74) is 0. The zero-order valence-corrected chi connectivity index (χ0v) is 14.7. The number of hydrogen-bond acceptors (Lipinski definition) is 7. The second kappa shape index (κ2) is 7.05. The molecular formula is C10H16BrN3O3S3. The quantitative estimate of drug-likeness (QED) is 0.708. The molecule has 2 heterocycles. The smallest absolute Gasteiger partial charge is 0.247 e. The number of halogens is 1. The van der Waals surface area contributed by atoms with Gasteiger partial charge in [-0.1, -0.05) is 0 Å². The van der Waals surface area contributed by atoms with Crippen molar-refractivity contribution in [2.75, 3.05) is 39.3 Å². The monoisotopic (exact) mass is 401 g/mol. The van der Waals surface area contributed by atoms with Gasteiger partial charge in [0.2, 0.25) is 10.0 Å². The van der Waals surface area contributed by atoms with Gasteiger partial charge in [-0.25, -0.2) is 17.9 Å². The van der Waals surface area contributed by atoms with Crippen LogP contribution in [0.15, 0.2) is 19.0 Å². The molecule has 0 spiro atoms. The molecule has 0 aromatic carbocycles. The third kappa shape index (κ3) is 4.41. The molecule has 1 aromatic rings. The van der Waals surface area contributed by atoms with Gasteiger partial charge < -0.3 is 5.11 Å². The standard InChI is InChI=1S/C10H16BrN3O3S3/c11-8-7-9(20(12,16)17)18-10(8)19-14-3-1-13(2-4-14)5-6-15/h7,15H,1-6H2,(H2,12,16,17). The van der Waals surface area contributed by atoms with Crippen molar-refractivity contribution < 1.29 is 13.5 Å². The maximum absolute atomic E-state index is 11.3. The van der Waals surface area contributed by atoms with E-state index in [9.17, 15) is 8.42 Å². The van der Waals surface area contributed by atoms with Crippen LogP contribution in [-0.2, 0) is 10.0 Å². The molecule has 1 aliphatic heterocycles. The van der Waals surface area contributed by atoms with Crippen molar-refractivity contribution >= 4 is 49.2 Å². The summed E-state index contributed by atoms with van der Waals surface area (Å²) in [7, 11) is -3.64. The summed E-state index contributed by atoms with van der Waals surface area (Å²) in [6, 6.07) is 1.55. The highest BCUT2D eigenvalue weighted by Gasteiger charge is 2.21. The van der Waals surface area contributed by atoms with Gasteiger partial charge in [0.05, 0.1) is 10.8 Å². The van der Waals surface area contributed by atoms with Crippen LogP contribution < -0.4 is 5.14 Å². The lowest BCUT2D eigenvalue weighted by Gasteiger charge is -2.33. The Morgan fingerprint density at radius 2 is 2.05 bits per heavy atom. The Kier molecular flexibility index (Phi) is 5.88. The largest absolute Gasteiger partial charge is 0.395 e. The Bertz CT molecular complexity index is 555. The average molecular weight is 402 g/mol. The van der Waals surface area contributed by atoms with Crippen LogP contribution in [0.5, 0.6) is 0 Å². The molecule has 2 rings (SSSR count). The Morgan fingerprint density at radius 3 is 2.55 bits per heavy atom. The molecule has 20 heavy (non-hydrogen) atoms. The van der Waals surface area contributed by atoms with E-state index in [2.05, 4.69) is 25.1 Å². The molecule has 0 radical (unpaired) electrons. The molecule has 1 aromatic heterocycles. The second-order valence-electron chi connectivity index (χ2n) is 4.33. The van der Waals surface area contributed by atoms with Crippen LogP contribution in [0.25, 0.3) is 0 Å². The van der Waals surface area contributed by atoms with Gasteiger partial charge in [0, 0.05) is 37.2 Å². The molecule has 3 N–H and O–H groups in total. The second-order valence-corrected chi connectivity index (χ2v) is 9.39. The van der Waals surface area contributed by atoms with Crippen molar-refractivity contribution in [3.05, 3.63) is 10.5 Å². The summed E-state index contributed by atoms with van der Waals surface area (Å²) in [4.78, 5) is 2.20. The molecule has 1 aliphatic rings. The number of aliphatic hydroxyl groups is 1. The predicted molar refractivity (Wildman–Crippen MR) is 84.3 cm³/mol. The van der Waals surface area contributed by atoms with Crippen LogP contribution in [0.2, 0.25) is 0 Å². The first-order chi connectivity index (χ1) is 9.40. The lowest BCUT2D eigenvalue weighted by Crippen LogP contribution is -2.44. The van der Waals surface area contributed by atoms with Gasteiger partial charge >= 0.3 is 0 Å². The van der Waals surface area contributed by atoms with Crippen LogP contribution in [0, 0.1) is 0 Å². The summed E-state index contributed by atoms with van der Waals surface area (Å²) in [5, 5.41) is 14.0. The molecule has 0 atom stereocenters. The van der Waals surface area contributed by atoms with E-state index in [4.69, 9.17) is 10.2 Å². The number of piperazine rings is 1. The van der Waals surface area contributed by atoms with Crippen molar-refractivity contribution in [2.45, 2.75) is 8.42 Å². The molecule has 10 heteroatoms. The molecule has 0 aliphatic carbocycles. The third-order valence-electron chi connectivity index (χ3n) is 2.87. The molecule has 1 fully saturated rings. The summed E-state index contributed by atoms with van der Waals surface area (Å²) in [6.07, 6.45) is 0. The van der Waals surface area contributed by atoms with E-state index in [0.717, 1.165) is 34.9 Å². The summed E-state index contributed by atoms with van der Waals surface area (Å²) < 4.78 is 26.7. The van der Waals surface area contributed by atoms with Gasteiger partial charge in [-0.05, 0) is 33.9 Å². The van der Waals surface area contributed by atoms with Crippen molar-refractivity contribution in [3.8, 4) is 0 Å². The SMILES string of the molecule is NS(=O)(=O)c1cc(Br)c(SN2CCN(CCO)CC2)s1. The Hall–Kier alpha value is 0.320. The lowest BCUT2D eigenvalue weighted by molar-refractivity contribution is 0.156. The molecule has 0 saturated carbocycles. The number of hydrogen-bond donors (Lipinski definition) is 2. The molecule has 0 amide bonds. The fraction of sp³-hybridized carbons (Fsp3) is 0.600. The minimum absolute atomic E-state index is 0.172. The van der Waals surface area contributed by atoms with Crippen molar-refractivity contribution in [1.82, 2.24) is 9.21 Å². The van der Waals surface area contributed by atoms with Crippen LogP contribution in [0.4, 0.5) is 0 Å². The minimum Gasteiger partial charge on any atom is -0.395 e. The van der Waals surface area contributed by atoms with Crippen molar-refractivity contribution in [1.29, 1.82) is 0 Å². The van der Waals surface area contributed by atoms with Gasteiger partial charge in [-0.15, -0.1) is 11.3 Å². The maximum Gasteiger partial charge on any atom is 0.247 e. The lowest BCUT2D eigenvalue weighted by atomic mass is 10.4. The van der Waals surface area contributed by atoms with Crippen LogP contribution >= 0.6 is 39.2 Å². The highest BCUT2D eigenvalue weighted by Crippen LogP contribution is 2.39.